The van der Waals surface area contributed by atoms with Gasteiger partial charge in [0.25, 0.3) is 5.91 Å². The van der Waals surface area contributed by atoms with E-state index < -0.39 is 17.2 Å². The van der Waals surface area contributed by atoms with E-state index in [-0.39, 0.29) is 22.8 Å². The van der Waals surface area contributed by atoms with Crippen LogP contribution >= 0.6 is 11.3 Å². The van der Waals surface area contributed by atoms with Crippen molar-refractivity contribution in [2.24, 2.45) is 0 Å². The average Bonchev–Trinajstić information content (AvgIpc) is 3.46. The van der Waals surface area contributed by atoms with Crippen molar-refractivity contribution in [3.8, 4) is 0 Å². The Bertz CT molecular complexity index is 1510. The normalized spacial score (nSPS) is 19.3. The van der Waals surface area contributed by atoms with E-state index in [1.165, 1.54) is 17.4 Å². The van der Waals surface area contributed by atoms with Crippen molar-refractivity contribution in [2.45, 2.75) is 18.9 Å². The number of nitrogens with zero attached hydrogens (tertiary/aromatic N) is 4. The van der Waals surface area contributed by atoms with Crippen molar-refractivity contribution in [3.05, 3.63) is 51.9 Å². The molecule has 2 aliphatic heterocycles. The minimum Gasteiger partial charge on any atom is -0.378 e. The maximum atomic E-state index is 15.3. The Hall–Kier alpha value is -3.08. The van der Waals surface area contributed by atoms with Gasteiger partial charge in [0.1, 0.15) is 10.4 Å². The summed E-state index contributed by atoms with van der Waals surface area (Å²) in [5.74, 6) is -0.806. The van der Waals surface area contributed by atoms with Crippen LogP contribution in [0, 0.1) is 5.82 Å². The van der Waals surface area contributed by atoms with Gasteiger partial charge >= 0.3 is 0 Å². The van der Waals surface area contributed by atoms with Gasteiger partial charge in [0.05, 0.1) is 28.8 Å². The summed E-state index contributed by atoms with van der Waals surface area (Å²) in [7, 11) is 2.04. The summed E-state index contributed by atoms with van der Waals surface area (Å²) in [6.45, 7) is 3.49. The van der Waals surface area contributed by atoms with E-state index in [2.05, 4.69) is 15.2 Å². The van der Waals surface area contributed by atoms with Crippen LogP contribution in [0.3, 0.4) is 0 Å². The highest BCUT2D eigenvalue weighted by Crippen LogP contribution is 2.32. The number of likely N-dealkylation sites (N-methyl/N-ethyl adjacent to an activating group) is 1. The zero-order chi connectivity index (χ0) is 24.1. The van der Waals surface area contributed by atoms with Gasteiger partial charge in [-0.15, -0.1) is 11.3 Å². The highest BCUT2D eigenvalue weighted by molar-refractivity contribution is 7.24. The number of benzene rings is 1. The van der Waals surface area contributed by atoms with Gasteiger partial charge in [-0.2, -0.15) is 0 Å². The molecule has 0 bridgehead atoms. The Labute approximate surface area is 204 Å². The zero-order valence-corrected chi connectivity index (χ0v) is 20.2. The zero-order valence-electron chi connectivity index (χ0n) is 19.4. The molecule has 2 aliphatic rings. The minimum atomic E-state index is -0.574. The molecule has 1 aromatic carbocycles. The predicted molar refractivity (Wildman–Crippen MR) is 135 cm³/mol. The number of thiazole rings is 1. The third kappa shape index (κ3) is 3.76. The third-order valence-corrected chi connectivity index (χ3v) is 8.20. The van der Waals surface area contributed by atoms with Crippen LogP contribution in [-0.4, -0.2) is 72.7 Å². The van der Waals surface area contributed by atoms with E-state index >= 15 is 4.39 Å². The van der Waals surface area contributed by atoms with Crippen molar-refractivity contribution in [1.82, 2.24) is 19.6 Å². The summed E-state index contributed by atoms with van der Waals surface area (Å²) >= 11 is 1.37. The Balaban J connectivity index is 1.54. The van der Waals surface area contributed by atoms with E-state index in [9.17, 15) is 9.59 Å². The summed E-state index contributed by atoms with van der Waals surface area (Å²) in [6, 6.07) is 9.18. The predicted octanol–water partition coefficient (Wildman–Crippen LogP) is 2.86. The molecule has 5 heterocycles. The smallest absolute Gasteiger partial charge is 0.258 e. The van der Waals surface area contributed by atoms with Crippen LogP contribution in [0.25, 0.3) is 26.1 Å². The average molecular weight is 496 g/mol. The van der Waals surface area contributed by atoms with Crippen molar-refractivity contribution in [2.75, 3.05) is 51.3 Å². The maximum absolute atomic E-state index is 15.3. The van der Waals surface area contributed by atoms with Crippen LogP contribution in [-0.2, 0) is 4.74 Å². The molecule has 4 aromatic rings. The molecule has 2 fully saturated rings. The number of para-hydroxylation sites is 1. The highest BCUT2D eigenvalue weighted by atomic mass is 32.1. The molecule has 1 amide bonds. The first kappa shape index (κ1) is 22.4. The number of morpholine rings is 1. The fourth-order valence-corrected chi connectivity index (χ4v) is 6.32. The molecule has 3 aromatic heterocycles. The molecule has 182 valence electrons. The quantitative estimate of drug-likeness (QED) is 0.469. The molecular weight excluding hydrogens is 469 g/mol. The molecule has 2 saturated heterocycles. The van der Waals surface area contributed by atoms with Crippen LogP contribution in [0.5, 0.6) is 0 Å². The van der Waals surface area contributed by atoms with Gasteiger partial charge < -0.3 is 19.9 Å². The molecule has 35 heavy (non-hydrogen) atoms. The molecule has 0 spiro atoms. The fraction of sp³-hybridized carbons (Fsp3) is 0.400. The maximum Gasteiger partial charge on any atom is 0.258 e. The van der Waals surface area contributed by atoms with Gasteiger partial charge in [0.15, 0.2) is 17.3 Å². The van der Waals surface area contributed by atoms with Gasteiger partial charge in [0.2, 0.25) is 5.43 Å². The minimum absolute atomic E-state index is 0.0414. The Morgan fingerprint density at radius 1 is 1.26 bits per heavy atom. The molecule has 8 nitrogen and oxygen atoms in total. The Kier molecular flexibility index (Phi) is 5.66. The molecule has 1 unspecified atom stereocenters. The number of fused-ring (bicyclic) bond motifs is 5. The lowest BCUT2D eigenvalue weighted by Gasteiger charge is -2.28. The van der Waals surface area contributed by atoms with Crippen molar-refractivity contribution < 1.29 is 13.9 Å². The topological polar surface area (TPSA) is 79.2 Å². The monoisotopic (exact) mass is 495 g/mol. The van der Waals surface area contributed by atoms with E-state index in [1.807, 2.05) is 40.6 Å². The largest absolute Gasteiger partial charge is 0.378 e. The van der Waals surface area contributed by atoms with Gasteiger partial charge in [-0.25, -0.2) is 9.37 Å². The van der Waals surface area contributed by atoms with Crippen LogP contribution in [0.2, 0.25) is 0 Å². The van der Waals surface area contributed by atoms with Crippen LogP contribution in [0.4, 0.5) is 10.2 Å². The lowest BCUT2D eigenvalue weighted by Crippen LogP contribution is -2.40. The van der Waals surface area contributed by atoms with Gasteiger partial charge in [-0.1, -0.05) is 12.1 Å². The number of likely N-dealkylation sites (tertiary alicyclic amines) is 1. The summed E-state index contributed by atoms with van der Waals surface area (Å²) in [5.41, 5.74) is 0.731. The van der Waals surface area contributed by atoms with Crippen molar-refractivity contribution in [1.29, 1.82) is 0 Å². The molecule has 0 aliphatic carbocycles. The third-order valence-electron chi connectivity index (χ3n) is 7.06. The summed E-state index contributed by atoms with van der Waals surface area (Å²) in [4.78, 5) is 36.3. The summed E-state index contributed by atoms with van der Waals surface area (Å²) in [5, 5.41) is 3.07. The second kappa shape index (κ2) is 8.85. The number of hydrogen-bond donors (Lipinski definition) is 1. The number of anilines is 1. The second-order valence-electron chi connectivity index (χ2n) is 9.17. The van der Waals surface area contributed by atoms with E-state index in [0.29, 0.717) is 43.3 Å². The molecule has 6 rings (SSSR count). The van der Waals surface area contributed by atoms with Gasteiger partial charge in [-0.3, -0.25) is 14.0 Å². The number of rotatable bonds is 4. The lowest BCUT2D eigenvalue weighted by atomic mass is 10.1. The van der Waals surface area contributed by atoms with E-state index in [1.54, 1.807) is 0 Å². The standard InChI is InChI=1S/C25H26FN5O3S/c1-29-8-4-5-15(29)14-27-24(33)20-21(32)16-13-17(26)23(30-9-11-34-12-10-30)28-22(16)31-18-6-2-3-7-19(18)35-25(20)31/h2-3,6-7,13,15H,4-5,8-12,14H2,1H3,(H,27,33). The molecular formula is C25H26FN5O3S. The molecule has 10 heteroatoms. The number of halogens is 1. The number of ether oxygens (including phenoxy) is 1. The first-order valence-electron chi connectivity index (χ1n) is 11.9. The molecule has 1 atom stereocenters. The Morgan fingerprint density at radius 2 is 2.06 bits per heavy atom. The highest BCUT2D eigenvalue weighted by Gasteiger charge is 2.27. The number of amides is 1. The summed E-state index contributed by atoms with van der Waals surface area (Å²) in [6.07, 6.45) is 2.10. The van der Waals surface area contributed by atoms with Crippen molar-refractivity contribution >= 4 is 49.1 Å². The van der Waals surface area contributed by atoms with Gasteiger partial charge in [-0.05, 0) is 44.6 Å². The molecule has 1 N–H and O–H groups in total. The molecule has 0 saturated carbocycles. The number of pyridine rings is 2. The second-order valence-corrected chi connectivity index (χ2v) is 10.2. The SMILES string of the molecule is CN1CCCC1CNC(=O)c1c(=O)c2cc(F)c(N3CCOCC3)nc2n2c1sc1ccccc12. The first-order valence-corrected chi connectivity index (χ1v) is 12.7. The lowest BCUT2D eigenvalue weighted by molar-refractivity contribution is 0.0944. The van der Waals surface area contributed by atoms with Gasteiger partial charge in [0, 0.05) is 25.7 Å². The molecule has 0 radical (unpaired) electrons. The fourth-order valence-electron chi connectivity index (χ4n) is 5.13. The van der Waals surface area contributed by atoms with Crippen LogP contribution < -0.4 is 15.6 Å². The van der Waals surface area contributed by atoms with Crippen LogP contribution in [0.1, 0.15) is 23.2 Å². The Morgan fingerprint density at radius 3 is 2.83 bits per heavy atom. The first-order chi connectivity index (χ1) is 17.0. The summed E-state index contributed by atoms with van der Waals surface area (Å²) < 4.78 is 23.4. The van der Waals surface area contributed by atoms with E-state index in [0.717, 1.165) is 29.6 Å². The number of hydrogen-bond acceptors (Lipinski definition) is 7. The van der Waals surface area contributed by atoms with E-state index in [4.69, 9.17) is 4.74 Å². The van der Waals surface area contributed by atoms with Crippen molar-refractivity contribution in [3.63, 3.8) is 0 Å². The number of carbonyl (C=O) groups is 1. The number of aromatic nitrogens is 2. The number of carbonyl (C=O) groups excluding carboxylic acids is 1. The van der Waals surface area contributed by atoms with Crippen LogP contribution in [0.15, 0.2) is 35.1 Å². The number of nitrogens with one attached hydrogen (secondary N) is 1.